The maximum absolute atomic E-state index is 11.9. The van der Waals surface area contributed by atoms with E-state index < -0.39 is 0 Å². The van der Waals surface area contributed by atoms with Crippen LogP contribution in [0.1, 0.15) is 30.4 Å². The van der Waals surface area contributed by atoms with Gasteiger partial charge in [-0.3, -0.25) is 9.69 Å². The Kier molecular flexibility index (Phi) is 4.56. The van der Waals surface area contributed by atoms with Gasteiger partial charge in [0.2, 0.25) is 5.91 Å². The van der Waals surface area contributed by atoms with Gasteiger partial charge in [-0.05, 0) is 49.5 Å². The molecule has 0 bridgehead atoms. The van der Waals surface area contributed by atoms with Gasteiger partial charge in [0.15, 0.2) is 0 Å². The summed E-state index contributed by atoms with van der Waals surface area (Å²) in [7, 11) is 0. The molecular formula is C17H25N3O. The molecule has 1 atom stereocenters. The van der Waals surface area contributed by atoms with Gasteiger partial charge >= 0.3 is 0 Å². The lowest BCUT2D eigenvalue weighted by atomic mass is 10.1. The molecule has 2 saturated heterocycles. The molecule has 0 spiro atoms. The van der Waals surface area contributed by atoms with E-state index in [0.717, 1.165) is 19.6 Å². The van der Waals surface area contributed by atoms with E-state index in [2.05, 4.69) is 29.2 Å². The molecule has 0 aliphatic carbocycles. The molecule has 2 aliphatic heterocycles. The summed E-state index contributed by atoms with van der Waals surface area (Å²) in [5, 5.41) is 0. The highest BCUT2D eigenvalue weighted by atomic mass is 16.2. The van der Waals surface area contributed by atoms with Crippen molar-refractivity contribution < 1.29 is 4.79 Å². The van der Waals surface area contributed by atoms with Gasteiger partial charge in [-0.25, -0.2) is 0 Å². The highest BCUT2D eigenvalue weighted by Crippen LogP contribution is 2.20. The number of rotatable bonds is 5. The molecule has 1 unspecified atom stereocenters. The Balaban J connectivity index is 1.55. The van der Waals surface area contributed by atoms with Crippen LogP contribution in [0.15, 0.2) is 24.3 Å². The van der Waals surface area contributed by atoms with Crippen LogP contribution in [-0.4, -0.2) is 41.9 Å². The summed E-state index contributed by atoms with van der Waals surface area (Å²) >= 11 is 0. The maximum atomic E-state index is 11.9. The fourth-order valence-corrected chi connectivity index (χ4v) is 3.33. The monoisotopic (exact) mass is 287 g/mol. The van der Waals surface area contributed by atoms with E-state index in [1.165, 1.54) is 37.1 Å². The quantitative estimate of drug-likeness (QED) is 0.894. The van der Waals surface area contributed by atoms with Gasteiger partial charge in [0.1, 0.15) is 0 Å². The summed E-state index contributed by atoms with van der Waals surface area (Å²) in [4.78, 5) is 16.4. The van der Waals surface area contributed by atoms with Gasteiger partial charge in [-0.15, -0.1) is 0 Å². The number of likely N-dealkylation sites (tertiary alicyclic amines) is 2. The third-order valence-electron chi connectivity index (χ3n) is 4.63. The molecule has 2 aliphatic rings. The predicted octanol–water partition coefficient (Wildman–Crippen LogP) is 1.59. The number of benzene rings is 1. The number of nitrogens with two attached hydrogens (primary N) is 1. The van der Waals surface area contributed by atoms with Gasteiger partial charge in [0.25, 0.3) is 0 Å². The lowest BCUT2D eigenvalue weighted by Gasteiger charge is -2.18. The van der Waals surface area contributed by atoms with Crippen LogP contribution in [0, 0.1) is 5.92 Å². The molecule has 4 heteroatoms. The molecule has 0 aromatic heterocycles. The van der Waals surface area contributed by atoms with E-state index >= 15 is 0 Å². The fourth-order valence-electron chi connectivity index (χ4n) is 3.33. The molecule has 0 radical (unpaired) electrons. The summed E-state index contributed by atoms with van der Waals surface area (Å²) in [5.41, 5.74) is 8.25. The summed E-state index contributed by atoms with van der Waals surface area (Å²) in [5.74, 6) is 0.582. The van der Waals surface area contributed by atoms with Crippen LogP contribution in [0.4, 0.5) is 0 Å². The molecule has 21 heavy (non-hydrogen) atoms. The van der Waals surface area contributed by atoms with Gasteiger partial charge < -0.3 is 10.6 Å². The summed E-state index contributed by atoms with van der Waals surface area (Å²) in [6.45, 7) is 5.65. The van der Waals surface area contributed by atoms with E-state index in [1.807, 2.05) is 4.90 Å². The van der Waals surface area contributed by atoms with Crippen LogP contribution in [0.3, 0.4) is 0 Å². The molecule has 4 nitrogen and oxygen atoms in total. The molecule has 114 valence electrons. The van der Waals surface area contributed by atoms with E-state index in [9.17, 15) is 4.79 Å². The number of carbonyl (C=O) groups excluding carboxylic acids is 1. The van der Waals surface area contributed by atoms with Crippen LogP contribution in [0.25, 0.3) is 0 Å². The number of carbonyl (C=O) groups is 1. The molecule has 3 rings (SSSR count). The summed E-state index contributed by atoms with van der Waals surface area (Å²) in [6, 6.07) is 8.73. The average Bonchev–Trinajstić information content (AvgIpc) is 3.11. The number of nitrogens with zero attached hydrogens (tertiary/aromatic N) is 2. The number of hydrogen-bond donors (Lipinski definition) is 1. The Bertz CT molecular complexity index is 479. The first kappa shape index (κ1) is 14.5. The fraction of sp³-hybridized carbons (Fsp3) is 0.588. The van der Waals surface area contributed by atoms with Crippen molar-refractivity contribution in [1.82, 2.24) is 9.80 Å². The first-order valence-electron chi connectivity index (χ1n) is 8.02. The first-order valence-corrected chi connectivity index (χ1v) is 8.02. The minimum atomic E-state index is 0.242. The van der Waals surface area contributed by atoms with E-state index in [4.69, 9.17) is 5.73 Å². The van der Waals surface area contributed by atoms with Crippen molar-refractivity contribution >= 4 is 5.91 Å². The van der Waals surface area contributed by atoms with Crippen LogP contribution in [0.5, 0.6) is 0 Å². The van der Waals surface area contributed by atoms with Crippen LogP contribution in [-0.2, 0) is 17.9 Å². The van der Waals surface area contributed by atoms with Crippen molar-refractivity contribution in [3.8, 4) is 0 Å². The third kappa shape index (κ3) is 3.63. The summed E-state index contributed by atoms with van der Waals surface area (Å²) in [6.07, 6.45) is 3.28. The van der Waals surface area contributed by atoms with Crippen LogP contribution < -0.4 is 5.73 Å². The van der Waals surface area contributed by atoms with Crippen molar-refractivity contribution in [3.05, 3.63) is 35.4 Å². The zero-order valence-corrected chi connectivity index (χ0v) is 12.6. The van der Waals surface area contributed by atoms with Gasteiger partial charge in [0.05, 0.1) is 0 Å². The van der Waals surface area contributed by atoms with E-state index in [1.54, 1.807) is 0 Å². The predicted molar refractivity (Wildman–Crippen MR) is 83.5 cm³/mol. The van der Waals surface area contributed by atoms with Crippen molar-refractivity contribution in [2.24, 2.45) is 11.7 Å². The zero-order chi connectivity index (χ0) is 14.7. The molecule has 2 heterocycles. The van der Waals surface area contributed by atoms with Gasteiger partial charge in [-0.2, -0.15) is 0 Å². The van der Waals surface area contributed by atoms with Crippen molar-refractivity contribution in [3.63, 3.8) is 0 Å². The molecular weight excluding hydrogens is 262 g/mol. The standard InChI is InChI=1S/C17H25N3O/c18-10-16-9-17(21)20(13-16)12-15-5-3-14(4-6-15)11-19-7-1-2-8-19/h3-6,16H,1-2,7-13,18H2. The Labute approximate surface area is 126 Å². The van der Waals surface area contributed by atoms with Crippen molar-refractivity contribution in [2.45, 2.75) is 32.4 Å². The Morgan fingerprint density at radius 3 is 2.24 bits per heavy atom. The molecule has 1 aromatic rings. The summed E-state index contributed by atoms with van der Waals surface area (Å²) < 4.78 is 0. The normalized spacial score (nSPS) is 23.2. The molecule has 2 N–H and O–H groups in total. The topological polar surface area (TPSA) is 49.6 Å². The highest BCUT2D eigenvalue weighted by molar-refractivity contribution is 5.78. The average molecular weight is 287 g/mol. The molecule has 1 amide bonds. The highest BCUT2D eigenvalue weighted by Gasteiger charge is 2.28. The van der Waals surface area contributed by atoms with Crippen molar-refractivity contribution in [2.75, 3.05) is 26.2 Å². The number of amides is 1. The minimum Gasteiger partial charge on any atom is -0.338 e. The lowest BCUT2D eigenvalue weighted by Crippen LogP contribution is -2.25. The maximum Gasteiger partial charge on any atom is 0.223 e. The lowest BCUT2D eigenvalue weighted by molar-refractivity contribution is -0.128. The van der Waals surface area contributed by atoms with Gasteiger partial charge in [-0.1, -0.05) is 24.3 Å². The first-order chi connectivity index (χ1) is 10.2. The third-order valence-corrected chi connectivity index (χ3v) is 4.63. The second kappa shape index (κ2) is 6.58. The smallest absolute Gasteiger partial charge is 0.223 e. The Hall–Kier alpha value is -1.39. The molecule has 1 aromatic carbocycles. The van der Waals surface area contributed by atoms with E-state index in [-0.39, 0.29) is 5.91 Å². The second-order valence-corrected chi connectivity index (χ2v) is 6.38. The molecule has 2 fully saturated rings. The SMILES string of the molecule is NCC1CC(=O)N(Cc2ccc(CN3CCCC3)cc2)C1. The van der Waals surface area contributed by atoms with Gasteiger partial charge in [0, 0.05) is 26.1 Å². The molecule has 0 saturated carbocycles. The zero-order valence-electron chi connectivity index (χ0n) is 12.6. The Morgan fingerprint density at radius 2 is 1.67 bits per heavy atom. The van der Waals surface area contributed by atoms with Crippen LogP contribution >= 0.6 is 0 Å². The van der Waals surface area contributed by atoms with E-state index in [0.29, 0.717) is 18.9 Å². The Morgan fingerprint density at radius 1 is 1.05 bits per heavy atom. The van der Waals surface area contributed by atoms with Crippen molar-refractivity contribution in [1.29, 1.82) is 0 Å². The number of hydrogen-bond acceptors (Lipinski definition) is 3. The minimum absolute atomic E-state index is 0.242. The second-order valence-electron chi connectivity index (χ2n) is 6.38. The van der Waals surface area contributed by atoms with Crippen LogP contribution in [0.2, 0.25) is 0 Å². The largest absolute Gasteiger partial charge is 0.338 e.